The van der Waals surface area contributed by atoms with Gasteiger partial charge in [0.1, 0.15) is 18.9 Å². The molecule has 1 aromatic rings. The fourth-order valence-corrected chi connectivity index (χ4v) is 1.66. The van der Waals surface area contributed by atoms with Crippen molar-refractivity contribution in [1.82, 2.24) is 0 Å². The zero-order chi connectivity index (χ0) is 11.1. The van der Waals surface area contributed by atoms with Gasteiger partial charge in [0, 0.05) is 0 Å². The number of benzene rings is 1. The Morgan fingerprint density at radius 1 is 1.20 bits per heavy atom. The third-order valence-corrected chi connectivity index (χ3v) is 2.86. The molecule has 0 aliphatic heterocycles. The molecule has 84 valence electrons. The first-order valence-corrected chi connectivity index (χ1v) is 5.86. The lowest BCUT2D eigenvalue weighted by Crippen LogP contribution is -3.12. The molecule has 0 amide bonds. The number of hydrogen-bond donors (Lipinski definition) is 1. The van der Waals surface area contributed by atoms with Gasteiger partial charge < -0.3 is 9.64 Å². The van der Waals surface area contributed by atoms with E-state index in [1.54, 1.807) is 4.90 Å². The van der Waals surface area contributed by atoms with E-state index < -0.39 is 0 Å². The van der Waals surface area contributed by atoms with Gasteiger partial charge >= 0.3 is 0 Å². The van der Waals surface area contributed by atoms with Crippen LogP contribution < -0.4 is 9.64 Å². The Hall–Kier alpha value is -0.730. The predicted molar refractivity (Wildman–Crippen MR) is 63.9 cm³/mol. The fraction of sp³-hybridized carbons (Fsp3) is 0.500. The first kappa shape index (κ1) is 12.3. The first-order chi connectivity index (χ1) is 7.27. The molecule has 0 aliphatic carbocycles. The smallest absolute Gasteiger partial charge is 0.138 e. The van der Waals surface area contributed by atoms with Gasteiger partial charge in [0.05, 0.1) is 18.1 Å². The van der Waals surface area contributed by atoms with E-state index in [-0.39, 0.29) is 0 Å². The Labute approximate surface area is 96.8 Å². The maximum absolute atomic E-state index is 5.98. The van der Waals surface area contributed by atoms with Crippen molar-refractivity contribution in [2.45, 2.75) is 13.8 Å². The molecule has 2 nitrogen and oxygen atoms in total. The molecule has 0 bridgehead atoms. The Kier molecular flexibility index (Phi) is 5.51. The van der Waals surface area contributed by atoms with Crippen molar-refractivity contribution in [3.8, 4) is 5.75 Å². The molecular weight excluding hydrogens is 210 g/mol. The van der Waals surface area contributed by atoms with Gasteiger partial charge in [-0.15, -0.1) is 0 Å². The number of ether oxygens (including phenoxy) is 1. The summed E-state index contributed by atoms with van der Waals surface area (Å²) in [6.45, 7) is 8.41. The number of nitrogens with one attached hydrogen (secondary N) is 1. The highest BCUT2D eigenvalue weighted by atomic mass is 35.5. The van der Waals surface area contributed by atoms with Crippen molar-refractivity contribution < 1.29 is 9.64 Å². The van der Waals surface area contributed by atoms with Crippen LogP contribution in [0.4, 0.5) is 0 Å². The molecule has 1 rings (SSSR count). The molecule has 0 saturated carbocycles. The maximum Gasteiger partial charge on any atom is 0.138 e. The summed E-state index contributed by atoms with van der Waals surface area (Å²) in [4.78, 5) is 1.54. The van der Waals surface area contributed by atoms with Crippen LogP contribution in [0.1, 0.15) is 13.8 Å². The number of para-hydroxylation sites is 1. The zero-order valence-electron chi connectivity index (χ0n) is 9.42. The van der Waals surface area contributed by atoms with E-state index in [4.69, 9.17) is 16.3 Å². The van der Waals surface area contributed by atoms with E-state index in [0.717, 1.165) is 32.0 Å². The molecule has 0 unspecified atom stereocenters. The van der Waals surface area contributed by atoms with E-state index in [2.05, 4.69) is 13.8 Å². The molecule has 0 atom stereocenters. The molecule has 3 heteroatoms. The molecule has 0 saturated heterocycles. The Bertz CT molecular complexity index is 287. The molecule has 0 aromatic heterocycles. The topological polar surface area (TPSA) is 13.7 Å². The number of likely N-dealkylation sites (N-methyl/N-ethyl adjacent to an activating group) is 1. The molecule has 0 fully saturated rings. The van der Waals surface area contributed by atoms with Crippen LogP contribution in [0.3, 0.4) is 0 Å². The van der Waals surface area contributed by atoms with Crippen molar-refractivity contribution in [2.75, 3.05) is 26.2 Å². The number of rotatable bonds is 6. The average Bonchev–Trinajstić information content (AvgIpc) is 2.27. The van der Waals surface area contributed by atoms with E-state index in [1.165, 1.54) is 0 Å². The highest BCUT2D eigenvalue weighted by Crippen LogP contribution is 2.22. The van der Waals surface area contributed by atoms with Crippen LogP contribution in [0, 0.1) is 0 Å². The van der Waals surface area contributed by atoms with Crippen LogP contribution in [0.2, 0.25) is 5.02 Å². The second kappa shape index (κ2) is 6.70. The molecule has 0 spiro atoms. The minimum Gasteiger partial charge on any atom is -0.486 e. The van der Waals surface area contributed by atoms with Gasteiger partial charge in [-0.1, -0.05) is 23.7 Å². The summed E-state index contributed by atoms with van der Waals surface area (Å²) < 4.78 is 5.62. The van der Waals surface area contributed by atoms with E-state index >= 15 is 0 Å². The monoisotopic (exact) mass is 228 g/mol. The quantitative estimate of drug-likeness (QED) is 0.782. The van der Waals surface area contributed by atoms with Crippen LogP contribution in [-0.2, 0) is 0 Å². The molecule has 15 heavy (non-hydrogen) atoms. The van der Waals surface area contributed by atoms with Crippen LogP contribution in [0.15, 0.2) is 24.3 Å². The zero-order valence-corrected chi connectivity index (χ0v) is 10.2. The standard InChI is InChI=1S/C12H18ClNO/c1-3-14(4-2)9-10-15-12-8-6-5-7-11(12)13/h5-8H,3-4,9-10H2,1-2H3/p+1. The predicted octanol–water partition coefficient (Wildman–Crippen LogP) is 1.64. The van der Waals surface area contributed by atoms with Crippen LogP contribution in [-0.4, -0.2) is 26.2 Å². The highest BCUT2D eigenvalue weighted by molar-refractivity contribution is 6.32. The summed E-state index contributed by atoms with van der Waals surface area (Å²) >= 11 is 5.98. The Balaban J connectivity index is 2.34. The van der Waals surface area contributed by atoms with Crippen molar-refractivity contribution in [3.63, 3.8) is 0 Å². The molecule has 0 radical (unpaired) electrons. The van der Waals surface area contributed by atoms with Crippen molar-refractivity contribution in [2.24, 2.45) is 0 Å². The normalized spacial score (nSPS) is 10.7. The third-order valence-electron chi connectivity index (χ3n) is 2.55. The maximum atomic E-state index is 5.98. The molecule has 0 aliphatic rings. The summed E-state index contributed by atoms with van der Waals surface area (Å²) in [6, 6.07) is 7.59. The molecule has 1 N–H and O–H groups in total. The number of halogens is 1. The number of hydrogen-bond acceptors (Lipinski definition) is 1. The number of quaternary nitrogens is 1. The highest BCUT2D eigenvalue weighted by Gasteiger charge is 2.04. The third kappa shape index (κ3) is 4.10. The summed E-state index contributed by atoms with van der Waals surface area (Å²) in [7, 11) is 0. The average molecular weight is 229 g/mol. The van der Waals surface area contributed by atoms with Crippen molar-refractivity contribution in [3.05, 3.63) is 29.3 Å². The summed E-state index contributed by atoms with van der Waals surface area (Å²) in [5.74, 6) is 0.783. The summed E-state index contributed by atoms with van der Waals surface area (Å²) in [5.41, 5.74) is 0. The van der Waals surface area contributed by atoms with E-state index in [9.17, 15) is 0 Å². The minimum absolute atomic E-state index is 0.687. The van der Waals surface area contributed by atoms with Gasteiger partial charge in [-0.05, 0) is 26.0 Å². The van der Waals surface area contributed by atoms with Crippen LogP contribution in [0.5, 0.6) is 5.75 Å². The van der Waals surface area contributed by atoms with E-state index in [0.29, 0.717) is 5.02 Å². The summed E-state index contributed by atoms with van der Waals surface area (Å²) in [6.07, 6.45) is 0. The summed E-state index contributed by atoms with van der Waals surface area (Å²) in [5, 5.41) is 0.687. The fourth-order valence-electron chi connectivity index (χ4n) is 1.47. The minimum atomic E-state index is 0.687. The van der Waals surface area contributed by atoms with Crippen LogP contribution in [0.25, 0.3) is 0 Å². The first-order valence-electron chi connectivity index (χ1n) is 5.48. The van der Waals surface area contributed by atoms with Gasteiger partial charge in [-0.25, -0.2) is 0 Å². The largest absolute Gasteiger partial charge is 0.486 e. The van der Waals surface area contributed by atoms with Gasteiger partial charge in [0.25, 0.3) is 0 Å². The second-order valence-corrected chi connectivity index (χ2v) is 3.89. The van der Waals surface area contributed by atoms with E-state index in [1.807, 2.05) is 24.3 Å². The second-order valence-electron chi connectivity index (χ2n) is 3.49. The molecular formula is C12H19ClNO+. The lowest BCUT2D eigenvalue weighted by Gasteiger charge is -2.15. The van der Waals surface area contributed by atoms with Gasteiger partial charge in [0.15, 0.2) is 0 Å². The Morgan fingerprint density at radius 2 is 1.87 bits per heavy atom. The molecule has 0 heterocycles. The lowest BCUT2D eigenvalue weighted by atomic mass is 10.3. The van der Waals surface area contributed by atoms with Crippen LogP contribution >= 0.6 is 11.6 Å². The van der Waals surface area contributed by atoms with Gasteiger partial charge in [-0.3, -0.25) is 0 Å². The van der Waals surface area contributed by atoms with Crippen molar-refractivity contribution >= 4 is 11.6 Å². The SMILES string of the molecule is CC[NH+](CC)CCOc1ccccc1Cl. The Morgan fingerprint density at radius 3 is 2.47 bits per heavy atom. The van der Waals surface area contributed by atoms with Gasteiger partial charge in [-0.2, -0.15) is 0 Å². The molecule has 1 aromatic carbocycles. The van der Waals surface area contributed by atoms with Gasteiger partial charge in [0.2, 0.25) is 0 Å². The lowest BCUT2D eigenvalue weighted by molar-refractivity contribution is -0.896. The van der Waals surface area contributed by atoms with Crippen molar-refractivity contribution in [1.29, 1.82) is 0 Å².